The third-order valence-corrected chi connectivity index (χ3v) is 3.75. The molecule has 1 aliphatic rings. The Labute approximate surface area is 114 Å². The number of fused-ring (bicyclic) bond motifs is 1. The number of aryl methyl sites for hydroxylation is 1. The molecule has 1 unspecified atom stereocenters. The summed E-state index contributed by atoms with van der Waals surface area (Å²) in [7, 11) is 1.74. The Bertz CT molecular complexity index is 567. The zero-order valence-electron chi connectivity index (χ0n) is 11.4. The van der Waals surface area contributed by atoms with Gasteiger partial charge < -0.3 is 10.1 Å². The predicted octanol–water partition coefficient (Wildman–Crippen LogP) is 3.58. The van der Waals surface area contributed by atoms with Gasteiger partial charge in [0.25, 0.3) is 0 Å². The molecule has 0 fully saturated rings. The summed E-state index contributed by atoms with van der Waals surface area (Å²) in [5, 5.41) is 3.60. The minimum Gasteiger partial charge on any atom is -0.496 e. The van der Waals surface area contributed by atoms with Crippen LogP contribution in [0, 0.1) is 6.92 Å². The minimum absolute atomic E-state index is 0.466. The number of methoxy groups -OCH3 is 1. The maximum Gasteiger partial charge on any atom is 0.122 e. The third kappa shape index (κ3) is 2.43. The molecule has 0 radical (unpaired) electrons. The zero-order valence-corrected chi connectivity index (χ0v) is 11.4. The fourth-order valence-electron chi connectivity index (χ4n) is 2.83. The van der Waals surface area contributed by atoms with Crippen molar-refractivity contribution in [3.05, 3.63) is 59.2 Å². The molecule has 0 aliphatic carbocycles. The lowest BCUT2D eigenvalue weighted by Crippen LogP contribution is -2.18. The van der Waals surface area contributed by atoms with Crippen LogP contribution in [0.5, 0.6) is 5.75 Å². The molecule has 1 heterocycles. The van der Waals surface area contributed by atoms with Crippen LogP contribution in [0.4, 0.5) is 5.69 Å². The SMILES string of the molecule is COc1ccc(C)cc1CC1Cc2ccccc2N1. The van der Waals surface area contributed by atoms with Crippen LogP contribution in [0.1, 0.15) is 16.7 Å². The van der Waals surface area contributed by atoms with Gasteiger partial charge in [-0.25, -0.2) is 0 Å². The van der Waals surface area contributed by atoms with Crippen molar-refractivity contribution in [2.24, 2.45) is 0 Å². The van der Waals surface area contributed by atoms with Crippen molar-refractivity contribution in [3.8, 4) is 5.75 Å². The second kappa shape index (κ2) is 4.96. The molecular weight excluding hydrogens is 234 g/mol. The topological polar surface area (TPSA) is 21.3 Å². The van der Waals surface area contributed by atoms with E-state index in [1.54, 1.807) is 7.11 Å². The molecular formula is C17H19NO. The molecule has 1 aliphatic heterocycles. The Morgan fingerprint density at radius 2 is 2.05 bits per heavy atom. The van der Waals surface area contributed by atoms with Crippen LogP contribution in [0.25, 0.3) is 0 Å². The van der Waals surface area contributed by atoms with Crippen molar-refractivity contribution in [1.29, 1.82) is 0 Å². The Kier molecular flexibility index (Phi) is 3.16. The van der Waals surface area contributed by atoms with E-state index < -0.39 is 0 Å². The van der Waals surface area contributed by atoms with Crippen LogP contribution < -0.4 is 10.1 Å². The average Bonchev–Trinajstić information content (AvgIpc) is 2.81. The molecule has 0 aromatic heterocycles. The number of hydrogen-bond acceptors (Lipinski definition) is 2. The van der Waals surface area contributed by atoms with Gasteiger partial charge in [0, 0.05) is 11.7 Å². The summed E-state index contributed by atoms with van der Waals surface area (Å²) in [6.45, 7) is 2.12. The van der Waals surface area contributed by atoms with Crippen molar-refractivity contribution in [2.45, 2.75) is 25.8 Å². The van der Waals surface area contributed by atoms with Gasteiger partial charge in [-0.05, 0) is 43.0 Å². The highest BCUT2D eigenvalue weighted by Gasteiger charge is 2.21. The average molecular weight is 253 g/mol. The van der Waals surface area contributed by atoms with Crippen LogP contribution in [0.15, 0.2) is 42.5 Å². The van der Waals surface area contributed by atoms with Gasteiger partial charge in [0.15, 0.2) is 0 Å². The van der Waals surface area contributed by atoms with Gasteiger partial charge in [0.05, 0.1) is 7.11 Å². The van der Waals surface area contributed by atoms with Crippen molar-refractivity contribution < 1.29 is 4.74 Å². The van der Waals surface area contributed by atoms with E-state index in [4.69, 9.17) is 4.74 Å². The van der Waals surface area contributed by atoms with Gasteiger partial charge >= 0.3 is 0 Å². The molecule has 0 saturated carbocycles. The molecule has 1 N–H and O–H groups in total. The van der Waals surface area contributed by atoms with Crippen molar-refractivity contribution in [3.63, 3.8) is 0 Å². The summed E-state index contributed by atoms with van der Waals surface area (Å²) in [6, 6.07) is 15.4. The second-order valence-electron chi connectivity index (χ2n) is 5.22. The zero-order chi connectivity index (χ0) is 13.2. The van der Waals surface area contributed by atoms with Crippen molar-refractivity contribution in [1.82, 2.24) is 0 Å². The van der Waals surface area contributed by atoms with Gasteiger partial charge in [-0.3, -0.25) is 0 Å². The lowest BCUT2D eigenvalue weighted by atomic mass is 10.0. The molecule has 19 heavy (non-hydrogen) atoms. The number of rotatable bonds is 3. The number of hydrogen-bond donors (Lipinski definition) is 1. The predicted molar refractivity (Wildman–Crippen MR) is 79.0 cm³/mol. The highest BCUT2D eigenvalue weighted by atomic mass is 16.5. The molecule has 98 valence electrons. The van der Waals surface area contributed by atoms with E-state index in [0.717, 1.165) is 18.6 Å². The molecule has 2 nitrogen and oxygen atoms in total. The summed E-state index contributed by atoms with van der Waals surface area (Å²) < 4.78 is 5.46. The fourth-order valence-corrected chi connectivity index (χ4v) is 2.83. The minimum atomic E-state index is 0.466. The first-order valence-corrected chi connectivity index (χ1v) is 6.74. The fraction of sp³-hybridized carbons (Fsp3) is 0.294. The standard InChI is InChI=1S/C17H19NO/c1-12-7-8-17(19-2)14(9-12)11-15-10-13-5-3-4-6-16(13)18-15/h3-9,15,18H,10-11H2,1-2H3. The van der Waals surface area contributed by atoms with E-state index in [0.29, 0.717) is 6.04 Å². The first kappa shape index (κ1) is 12.1. The summed E-state index contributed by atoms with van der Waals surface area (Å²) in [4.78, 5) is 0. The molecule has 2 heteroatoms. The summed E-state index contributed by atoms with van der Waals surface area (Å²) >= 11 is 0. The number of benzene rings is 2. The molecule has 2 aromatic rings. The largest absolute Gasteiger partial charge is 0.496 e. The quantitative estimate of drug-likeness (QED) is 0.902. The summed E-state index contributed by atoms with van der Waals surface area (Å²) in [5.41, 5.74) is 5.26. The molecule has 0 spiro atoms. The van der Waals surface area contributed by atoms with Gasteiger partial charge in [-0.2, -0.15) is 0 Å². The van der Waals surface area contributed by atoms with Gasteiger partial charge in [-0.1, -0.05) is 35.9 Å². The van der Waals surface area contributed by atoms with E-state index in [2.05, 4.69) is 54.7 Å². The Morgan fingerprint density at radius 3 is 2.84 bits per heavy atom. The Hall–Kier alpha value is -1.96. The lowest BCUT2D eigenvalue weighted by molar-refractivity contribution is 0.408. The van der Waals surface area contributed by atoms with Crippen LogP contribution >= 0.6 is 0 Å². The number of nitrogens with one attached hydrogen (secondary N) is 1. The first-order chi connectivity index (χ1) is 9.26. The third-order valence-electron chi connectivity index (χ3n) is 3.75. The van der Waals surface area contributed by atoms with Crippen LogP contribution in [0.2, 0.25) is 0 Å². The number of ether oxygens (including phenoxy) is 1. The normalized spacial score (nSPS) is 16.8. The Balaban J connectivity index is 1.79. The first-order valence-electron chi connectivity index (χ1n) is 6.74. The van der Waals surface area contributed by atoms with Crippen LogP contribution in [-0.4, -0.2) is 13.2 Å². The molecule has 0 bridgehead atoms. The monoisotopic (exact) mass is 253 g/mol. The van der Waals surface area contributed by atoms with E-state index in [1.807, 2.05) is 0 Å². The highest BCUT2D eigenvalue weighted by Crippen LogP contribution is 2.29. The Morgan fingerprint density at radius 1 is 1.21 bits per heavy atom. The van der Waals surface area contributed by atoms with Gasteiger partial charge in [0.1, 0.15) is 5.75 Å². The van der Waals surface area contributed by atoms with Crippen LogP contribution in [-0.2, 0) is 12.8 Å². The van der Waals surface area contributed by atoms with Crippen molar-refractivity contribution >= 4 is 5.69 Å². The maximum absolute atomic E-state index is 5.46. The van der Waals surface area contributed by atoms with E-state index in [9.17, 15) is 0 Å². The van der Waals surface area contributed by atoms with Crippen molar-refractivity contribution in [2.75, 3.05) is 12.4 Å². The van der Waals surface area contributed by atoms with E-state index in [-0.39, 0.29) is 0 Å². The second-order valence-corrected chi connectivity index (χ2v) is 5.22. The molecule has 2 aromatic carbocycles. The maximum atomic E-state index is 5.46. The molecule has 3 rings (SSSR count). The lowest BCUT2D eigenvalue weighted by Gasteiger charge is -2.15. The van der Waals surface area contributed by atoms with Gasteiger partial charge in [0.2, 0.25) is 0 Å². The molecule has 1 atom stereocenters. The van der Waals surface area contributed by atoms with Gasteiger partial charge in [-0.15, -0.1) is 0 Å². The number of anilines is 1. The number of para-hydroxylation sites is 1. The highest BCUT2D eigenvalue weighted by molar-refractivity contribution is 5.57. The van der Waals surface area contributed by atoms with Crippen LogP contribution in [0.3, 0.4) is 0 Å². The summed E-state index contributed by atoms with van der Waals surface area (Å²) in [5.74, 6) is 0.989. The summed E-state index contributed by atoms with van der Waals surface area (Å²) in [6.07, 6.45) is 2.09. The van der Waals surface area contributed by atoms with E-state index in [1.165, 1.54) is 22.4 Å². The molecule has 0 saturated heterocycles. The molecule has 0 amide bonds. The smallest absolute Gasteiger partial charge is 0.122 e. The van der Waals surface area contributed by atoms with E-state index >= 15 is 0 Å².